The molecule has 0 aromatic carbocycles. The summed E-state index contributed by atoms with van der Waals surface area (Å²) in [5.41, 5.74) is 0.0345. The zero-order valence-electron chi connectivity index (χ0n) is 10.9. The molecule has 1 aliphatic heterocycles. The smallest absolute Gasteiger partial charge is 0.224 e. The van der Waals surface area contributed by atoms with Crippen LogP contribution in [0, 0.1) is 0 Å². The zero-order valence-corrected chi connectivity index (χ0v) is 10.9. The highest BCUT2D eigenvalue weighted by Crippen LogP contribution is 2.11. The highest BCUT2D eigenvalue weighted by Gasteiger charge is 2.28. The van der Waals surface area contributed by atoms with E-state index in [-0.39, 0.29) is 17.6 Å². The van der Waals surface area contributed by atoms with Crippen molar-refractivity contribution in [1.82, 2.24) is 10.2 Å². The summed E-state index contributed by atoms with van der Waals surface area (Å²) in [4.78, 5) is 13.8. The maximum atomic E-state index is 11.9. The van der Waals surface area contributed by atoms with Gasteiger partial charge in [0.15, 0.2) is 0 Å². The average molecular weight is 228 g/mol. The molecule has 1 aliphatic rings. The summed E-state index contributed by atoms with van der Waals surface area (Å²) in [6, 6.07) is 0. The van der Waals surface area contributed by atoms with Gasteiger partial charge < -0.3 is 15.0 Å². The summed E-state index contributed by atoms with van der Waals surface area (Å²) in [5.74, 6) is 0.204. The van der Waals surface area contributed by atoms with Gasteiger partial charge in [0, 0.05) is 25.2 Å². The number of ether oxygens (including phenoxy) is 1. The number of carbonyl (C=O) groups excluding carboxylic acids is 1. The number of carbonyl (C=O) groups is 1. The number of nitrogens with zero attached hydrogens (tertiary/aromatic N) is 1. The molecular weight excluding hydrogens is 204 g/mol. The fourth-order valence-electron chi connectivity index (χ4n) is 1.89. The third kappa shape index (κ3) is 4.49. The topological polar surface area (TPSA) is 41.6 Å². The second-order valence-electron chi connectivity index (χ2n) is 5.30. The quantitative estimate of drug-likeness (QED) is 0.781. The van der Waals surface area contributed by atoms with Crippen molar-refractivity contribution in [1.29, 1.82) is 0 Å². The molecule has 0 unspecified atom stereocenters. The van der Waals surface area contributed by atoms with Crippen LogP contribution >= 0.6 is 0 Å². The molecular formula is C12H24N2O2. The monoisotopic (exact) mass is 228 g/mol. The average Bonchev–Trinajstić information content (AvgIpc) is 2.15. The first-order chi connectivity index (χ1) is 7.41. The van der Waals surface area contributed by atoms with Crippen LogP contribution in [0.1, 0.15) is 34.1 Å². The van der Waals surface area contributed by atoms with E-state index in [1.165, 1.54) is 0 Å². The van der Waals surface area contributed by atoms with Gasteiger partial charge in [0.1, 0.15) is 0 Å². The van der Waals surface area contributed by atoms with Crippen molar-refractivity contribution in [3.8, 4) is 0 Å². The van der Waals surface area contributed by atoms with E-state index in [9.17, 15) is 4.79 Å². The van der Waals surface area contributed by atoms with Crippen molar-refractivity contribution in [2.45, 2.75) is 45.8 Å². The van der Waals surface area contributed by atoms with Crippen LogP contribution in [0.4, 0.5) is 0 Å². The van der Waals surface area contributed by atoms with Gasteiger partial charge in [-0.3, -0.25) is 4.79 Å². The van der Waals surface area contributed by atoms with E-state index in [0.717, 1.165) is 19.6 Å². The van der Waals surface area contributed by atoms with E-state index in [0.29, 0.717) is 13.0 Å². The third-order valence-corrected chi connectivity index (χ3v) is 2.69. The molecule has 1 amide bonds. The SMILES string of the molecule is CC(C)OCCC(=O)N1CCNC(C)(C)C1. The van der Waals surface area contributed by atoms with Crippen molar-refractivity contribution in [2.75, 3.05) is 26.2 Å². The Kier molecular flexibility index (Phi) is 4.74. The van der Waals surface area contributed by atoms with E-state index >= 15 is 0 Å². The Labute approximate surface area is 98.3 Å². The second-order valence-corrected chi connectivity index (χ2v) is 5.30. The fourth-order valence-corrected chi connectivity index (χ4v) is 1.89. The van der Waals surface area contributed by atoms with Crippen LogP contribution in [-0.2, 0) is 9.53 Å². The first-order valence-corrected chi connectivity index (χ1v) is 6.05. The normalized spacial score (nSPS) is 20.2. The highest BCUT2D eigenvalue weighted by atomic mass is 16.5. The van der Waals surface area contributed by atoms with E-state index in [1.54, 1.807) is 0 Å². The van der Waals surface area contributed by atoms with Gasteiger partial charge in [0.05, 0.1) is 19.1 Å². The van der Waals surface area contributed by atoms with Crippen LogP contribution in [0.15, 0.2) is 0 Å². The van der Waals surface area contributed by atoms with E-state index in [2.05, 4.69) is 19.2 Å². The summed E-state index contributed by atoms with van der Waals surface area (Å²) in [6.45, 7) is 11.2. The molecule has 1 fully saturated rings. The molecule has 1 N–H and O–H groups in total. The predicted octanol–water partition coefficient (Wildman–Crippen LogP) is 1.01. The molecule has 94 valence electrons. The van der Waals surface area contributed by atoms with Crippen LogP contribution < -0.4 is 5.32 Å². The number of hydrogen-bond acceptors (Lipinski definition) is 3. The summed E-state index contributed by atoms with van der Waals surface area (Å²) in [7, 11) is 0. The molecule has 0 aromatic heterocycles. The summed E-state index contributed by atoms with van der Waals surface area (Å²) in [5, 5.41) is 3.39. The lowest BCUT2D eigenvalue weighted by Crippen LogP contribution is -2.58. The Balaban J connectivity index is 2.31. The molecule has 16 heavy (non-hydrogen) atoms. The molecule has 0 bridgehead atoms. The Morgan fingerprint density at radius 3 is 2.75 bits per heavy atom. The zero-order chi connectivity index (χ0) is 12.2. The largest absolute Gasteiger partial charge is 0.378 e. The number of rotatable bonds is 4. The van der Waals surface area contributed by atoms with Gasteiger partial charge in [-0.2, -0.15) is 0 Å². The lowest BCUT2D eigenvalue weighted by Gasteiger charge is -2.39. The van der Waals surface area contributed by atoms with Crippen molar-refractivity contribution >= 4 is 5.91 Å². The van der Waals surface area contributed by atoms with Crippen LogP contribution in [0.2, 0.25) is 0 Å². The van der Waals surface area contributed by atoms with E-state index in [4.69, 9.17) is 4.74 Å². The lowest BCUT2D eigenvalue weighted by molar-refractivity contribution is -0.134. The van der Waals surface area contributed by atoms with Gasteiger partial charge in [-0.15, -0.1) is 0 Å². The Hall–Kier alpha value is -0.610. The van der Waals surface area contributed by atoms with Gasteiger partial charge >= 0.3 is 0 Å². The Morgan fingerprint density at radius 2 is 2.19 bits per heavy atom. The molecule has 0 aromatic rings. The number of amides is 1. The first-order valence-electron chi connectivity index (χ1n) is 6.05. The highest BCUT2D eigenvalue weighted by molar-refractivity contribution is 5.76. The minimum Gasteiger partial charge on any atom is -0.378 e. The van der Waals surface area contributed by atoms with Crippen LogP contribution in [-0.4, -0.2) is 48.7 Å². The molecule has 4 nitrogen and oxygen atoms in total. The van der Waals surface area contributed by atoms with Crippen LogP contribution in [0.3, 0.4) is 0 Å². The van der Waals surface area contributed by atoms with Crippen molar-refractivity contribution in [2.24, 2.45) is 0 Å². The molecule has 1 rings (SSSR count). The molecule has 0 spiro atoms. The standard InChI is InChI=1S/C12H24N2O2/c1-10(2)16-8-5-11(15)14-7-6-13-12(3,4)9-14/h10,13H,5-9H2,1-4H3. The number of piperazine rings is 1. The maximum absolute atomic E-state index is 11.9. The van der Waals surface area contributed by atoms with Gasteiger partial charge in [0.2, 0.25) is 5.91 Å². The molecule has 0 aliphatic carbocycles. The molecule has 4 heteroatoms. The number of nitrogens with one attached hydrogen (secondary N) is 1. The molecule has 0 atom stereocenters. The Morgan fingerprint density at radius 1 is 1.50 bits per heavy atom. The van der Waals surface area contributed by atoms with Crippen LogP contribution in [0.25, 0.3) is 0 Å². The molecule has 0 saturated carbocycles. The third-order valence-electron chi connectivity index (χ3n) is 2.69. The molecule has 0 radical (unpaired) electrons. The predicted molar refractivity (Wildman–Crippen MR) is 64.4 cm³/mol. The first kappa shape index (κ1) is 13.5. The summed E-state index contributed by atoms with van der Waals surface area (Å²) < 4.78 is 5.39. The summed E-state index contributed by atoms with van der Waals surface area (Å²) in [6.07, 6.45) is 0.695. The molecule has 1 saturated heterocycles. The van der Waals surface area contributed by atoms with Crippen LogP contribution in [0.5, 0.6) is 0 Å². The van der Waals surface area contributed by atoms with Crippen molar-refractivity contribution in [3.05, 3.63) is 0 Å². The van der Waals surface area contributed by atoms with Crippen molar-refractivity contribution in [3.63, 3.8) is 0 Å². The van der Waals surface area contributed by atoms with Gasteiger partial charge in [-0.1, -0.05) is 0 Å². The van der Waals surface area contributed by atoms with E-state index < -0.39 is 0 Å². The minimum absolute atomic E-state index is 0.0345. The fraction of sp³-hybridized carbons (Fsp3) is 0.917. The maximum Gasteiger partial charge on any atom is 0.224 e. The summed E-state index contributed by atoms with van der Waals surface area (Å²) >= 11 is 0. The van der Waals surface area contributed by atoms with E-state index in [1.807, 2.05) is 18.7 Å². The lowest BCUT2D eigenvalue weighted by atomic mass is 10.0. The van der Waals surface area contributed by atoms with Gasteiger partial charge in [-0.05, 0) is 27.7 Å². The minimum atomic E-state index is 0.0345. The van der Waals surface area contributed by atoms with Crippen molar-refractivity contribution < 1.29 is 9.53 Å². The Bertz CT molecular complexity index is 239. The molecule has 1 heterocycles. The van der Waals surface area contributed by atoms with Gasteiger partial charge in [0.25, 0.3) is 0 Å². The second kappa shape index (κ2) is 5.64. The van der Waals surface area contributed by atoms with Gasteiger partial charge in [-0.25, -0.2) is 0 Å². The number of hydrogen-bond donors (Lipinski definition) is 1.